The van der Waals surface area contributed by atoms with Gasteiger partial charge >= 0.3 is 0 Å². The SMILES string of the molecule is CCCCC1=CC=CC(C)(c2ccccc2)C1C. The van der Waals surface area contributed by atoms with E-state index >= 15 is 0 Å². The van der Waals surface area contributed by atoms with Gasteiger partial charge in [-0.2, -0.15) is 0 Å². The minimum atomic E-state index is 0.152. The van der Waals surface area contributed by atoms with Gasteiger partial charge in [0.2, 0.25) is 0 Å². The Balaban J connectivity index is 2.26. The van der Waals surface area contributed by atoms with E-state index in [2.05, 4.69) is 69.3 Å². The summed E-state index contributed by atoms with van der Waals surface area (Å²) in [6, 6.07) is 10.9. The first kappa shape index (κ1) is 13.1. The van der Waals surface area contributed by atoms with E-state index in [0.29, 0.717) is 5.92 Å². The molecule has 2 atom stereocenters. The zero-order chi connectivity index (χ0) is 13.0. The molecule has 0 fully saturated rings. The van der Waals surface area contributed by atoms with Crippen molar-refractivity contribution in [1.82, 2.24) is 0 Å². The van der Waals surface area contributed by atoms with Crippen molar-refractivity contribution >= 4 is 0 Å². The minimum absolute atomic E-state index is 0.152. The molecule has 0 heterocycles. The fourth-order valence-corrected chi connectivity index (χ4v) is 2.87. The molecule has 1 aromatic carbocycles. The summed E-state index contributed by atoms with van der Waals surface area (Å²) in [5.41, 5.74) is 3.18. The molecule has 0 amide bonds. The van der Waals surface area contributed by atoms with Crippen molar-refractivity contribution in [2.45, 2.75) is 45.4 Å². The van der Waals surface area contributed by atoms with Gasteiger partial charge in [-0.1, -0.05) is 81.3 Å². The Morgan fingerprint density at radius 1 is 1.17 bits per heavy atom. The van der Waals surface area contributed by atoms with Crippen molar-refractivity contribution in [3.63, 3.8) is 0 Å². The molecule has 0 spiro atoms. The second kappa shape index (κ2) is 5.56. The molecule has 0 bridgehead atoms. The number of benzene rings is 1. The fraction of sp³-hybridized carbons (Fsp3) is 0.444. The lowest BCUT2D eigenvalue weighted by Gasteiger charge is -2.37. The highest BCUT2D eigenvalue weighted by Gasteiger charge is 2.33. The van der Waals surface area contributed by atoms with Crippen LogP contribution in [0.4, 0.5) is 0 Å². The Morgan fingerprint density at radius 3 is 2.56 bits per heavy atom. The average molecular weight is 240 g/mol. The highest BCUT2D eigenvalue weighted by Crippen LogP contribution is 2.41. The van der Waals surface area contributed by atoms with Gasteiger partial charge in [-0.15, -0.1) is 0 Å². The van der Waals surface area contributed by atoms with Crippen LogP contribution in [0.3, 0.4) is 0 Å². The van der Waals surface area contributed by atoms with Crippen LogP contribution in [0.2, 0.25) is 0 Å². The molecule has 96 valence electrons. The summed E-state index contributed by atoms with van der Waals surface area (Å²) in [4.78, 5) is 0. The van der Waals surface area contributed by atoms with E-state index in [1.54, 1.807) is 5.57 Å². The average Bonchev–Trinajstić information content (AvgIpc) is 2.41. The lowest BCUT2D eigenvalue weighted by Crippen LogP contribution is -2.31. The van der Waals surface area contributed by atoms with Gasteiger partial charge in [-0.05, 0) is 24.3 Å². The molecule has 0 saturated heterocycles. The van der Waals surface area contributed by atoms with Crippen molar-refractivity contribution in [3.8, 4) is 0 Å². The molecule has 0 saturated carbocycles. The summed E-state index contributed by atoms with van der Waals surface area (Å²) >= 11 is 0. The van der Waals surface area contributed by atoms with Crippen molar-refractivity contribution in [1.29, 1.82) is 0 Å². The maximum Gasteiger partial charge on any atom is 0.0169 e. The van der Waals surface area contributed by atoms with Crippen LogP contribution < -0.4 is 0 Å². The Hall–Kier alpha value is -1.30. The van der Waals surface area contributed by atoms with Crippen molar-refractivity contribution < 1.29 is 0 Å². The molecule has 1 aromatic rings. The monoisotopic (exact) mass is 240 g/mol. The lowest BCUT2D eigenvalue weighted by molar-refractivity contribution is 0.422. The first-order chi connectivity index (χ1) is 8.68. The number of hydrogen-bond donors (Lipinski definition) is 0. The van der Waals surface area contributed by atoms with Gasteiger partial charge in [0.25, 0.3) is 0 Å². The molecule has 2 rings (SSSR count). The standard InChI is InChI=1S/C18H24/c1-4-5-10-16-11-9-14-18(3,15(16)2)17-12-7-6-8-13-17/h6-9,11-15H,4-5,10H2,1-3H3. The van der Waals surface area contributed by atoms with E-state index in [4.69, 9.17) is 0 Å². The van der Waals surface area contributed by atoms with Crippen LogP contribution in [-0.2, 0) is 5.41 Å². The minimum Gasteiger partial charge on any atom is -0.0736 e. The van der Waals surface area contributed by atoms with Gasteiger partial charge < -0.3 is 0 Å². The van der Waals surface area contributed by atoms with Gasteiger partial charge in [0, 0.05) is 5.41 Å². The Morgan fingerprint density at radius 2 is 1.89 bits per heavy atom. The molecule has 1 aliphatic carbocycles. The van der Waals surface area contributed by atoms with Crippen LogP contribution in [-0.4, -0.2) is 0 Å². The zero-order valence-electron chi connectivity index (χ0n) is 11.8. The molecule has 0 N–H and O–H groups in total. The Bertz CT molecular complexity index is 438. The number of unbranched alkanes of at least 4 members (excludes halogenated alkanes) is 1. The molecule has 0 heteroatoms. The molecule has 1 aliphatic rings. The van der Waals surface area contributed by atoms with E-state index in [-0.39, 0.29) is 5.41 Å². The predicted octanol–water partition coefficient (Wildman–Crippen LogP) is 5.27. The van der Waals surface area contributed by atoms with Crippen LogP contribution in [0.15, 0.2) is 54.1 Å². The second-order valence-electron chi connectivity index (χ2n) is 5.57. The van der Waals surface area contributed by atoms with Gasteiger partial charge in [0.15, 0.2) is 0 Å². The van der Waals surface area contributed by atoms with Gasteiger partial charge in [-0.25, -0.2) is 0 Å². The summed E-state index contributed by atoms with van der Waals surface area (Å²) in [5.74, 6) is 0.594. The quantitative estimate of drug-likeness (QED) is 0.673. The van der Waals surface area contributed by atoms with Gasteiger partial charge in [0.1, 0.15) is 0 Å². The first-order valence-electron chi connectivity index (χ1n) is 7.12. The lowest BCUT2D eigenvalue weighted by atomic mass is 9.66. The highest BCUT2D eigenvalue weighted by atomic mass is 14.4. The Labute approximate surface area is 111 Å². The van der Waals surface area contributed by atoms with Crippen LogP contribution >= 0.6 is 0 Å². The van der Waals surface area contributed by atoms with E-state index in [9.17, 15) is 0 Å². The summed E-state index contributed by atoms with van der Waals surface area (Å²) in [6.07, 6.45) is 10.8. The third kappa shape index (κ3) is 2.43. The van der Waals surface area contributed by atoms with E-state index in [1.807, 2.05) is 0 Å². The summed E-state index contributed by atoms with van der Waals surface area (Å²) in [7, 11) is 0. The van der Waals surface area contributed by atoms with Gasteiger partial charge in [-0.3, -0.25) is 0 Å². The predicted molar refractivity (Wildman–Crippen MR) is 79.7 cm³/mol. The maximum atomic E-state index is 2.37. The van der Waals surface area contributed by atoms with Crippen LogP contribution in [0, 0.1) is 5.92 Å². The molecule has 0 nitrogen and oxygen atoms in total. The normalized spacial score (nSPS) is 27.1. The third-order valence-corrected chi connectivity index (χ3v) is 4.42. The van der Waals surface area contributed by atoms with E-state index in [1.165, 1.54) is 24.8 Å². The second-order valence-corrected chi connectivity index (χ2v) is 5.57. The van der Waals surface area contributed by atoms with E-state index < -0.39 is 0 Å². The van der Waals surface area contributed by atoms with E-state index in [0.717, 1.165) is 0 Å². The van der Waals surface area contributed by atoms with Gasteiger partial charge in [0.05, 0.1) is 0 Å². The summed E-state index contributed by atoms with van der Waals surface area (Å²) in [6.45, 7) is 7.00. The van der Waals surface area contributed by atoms with Crippen molar-refractivity contribution in [2.24, 2.45) is 5.92 Å². The van der Waals surface area contributed by atoms with Crippen molar-refractivity contribution in [3.05, 3.63) is 59.7 Å². The van der Waals surface area contributed by atoms with Crippen LogP contribution in [0.25, 0.3) is 0 Å². The van der Waals surface area contributed by atoms with Crippen molar-refractivity contribution in [2.75, 3.05) is 0 Å². The fourth-order valence-electron chi connectivity index (χ4n) is 2.87. The summed E-state index contributed by atoms with van der Waals surface area (Å²) < 4.78 is 0. The van der Waals surface area contributed by atoms with Crippen LogP contribution in [0.1, 0.15) is 45.6 Å². The largest absolute Gasteiger partial charge is 0.0736 e. The molecular formula is C18H24. The molecule has 0 radical (unpaired) electrons. The Kier molecular flexibility index (Phi) is 4.06. The number of hydrogen-bond acceptors (Lipinski definition) is 0. The number of allylic oxidation sites excluding steroid dienone is 4. The maximum absolute atomic E-state index is 2.37. The highest BCUT2D eigenvalue weighted by molar-refractivity contribution is 5.39. The smallest absolute Gasteiger partial charge is 0.0169 e. The zero-order valence-corrected chi connectivity index (χ0v) is 11.8. The third-order valence-electron chi connectivity index (χ3n) is 4.42. The molecule has 2 unspecified atom stereocenters. The number of rotatable bonds is 4. The first-order valence-corrected chi connectivity index (χ1v) is 7.12. The topological polar surface area (TPSA) is 0 Å². The molecule has 0 aliphatic heterocycles. The molecular weight excluding hydrogens is 216 g/mol. The molecule has 18 heavy (non-hydrogen) atoms. The van der Waals surface area contributed by atoms with Crippen LogP contribution in [0.5, 0.6) is 0 Å². The molecule has 0 aromatic heterocycles. The summed E-state index contributed by atoms with van der Waals surface area (Å²) in [5, 5.41) is 0.